The standard InChI is InChI=1S/C42H52N4/c1-2-6-40-39(5-1)43-27-35-17-9-31(10-18-35)25-33-13-21-37(22-14-33)29-45-41-7-3-4-8-42(41)46-30-38-23-15-34(16-24-38)26-32-11-19-36(20-12-32)28-44-40/h9-24,39-46H,1-8,25-30H2/t39-,40-,41+,42+. The molecule has 10 heterocycles. The van der Waals surface area contributed by atoms with E-state index in [1.807, 2.05) is 0 Å². The lowest BCUT2D eigenvalue weighted by Crippen LogP contribution is -2.49. The van der Waals surface area contributed by atoms with Crippen molar-refractivity contribution in [1.29, 1.82) is 0 Å². The molecule has 0 spiro atoms. The van der Waals surface area contributed by atoms with E-state index in [4.69, 9.17) is 0 Å². The van der Waals surface area contributed by atoms with Gasteiger partial charge < -0.3 is 21.3 Å². The zero-order valence-electron chi connectivity index (χ0n) is 27.4. The Labute approximate surface area is 276 Å². The van der Waals surface area contributed by atoms with Crippen molar-refractivity contribution in [3.63, 3.8) is 0 Å². The summed E-state index contributed by atoms with van der Waals surface area (Å²) < 4.78 is 0. The molecule has 0 amide bonds. The van der Waals surface area contributed by atoms with E-state index >= 15 is 0 Å². The fourth-order valence-electron chi connectivity index (χ4n) is 7.81. The lowest BCUT2D eigenvalue weighted by molar-refractivity contribution is 0.281. The summed E-state index contributed by atoms with van der Waals surface area (Å²) in [6, 6.07) is 39.1. The van der Waals surface area contributed by atoms with Crippen LogP contribution in [0.1, 0.15) is 95.9 Å². The van der Waals surface area contributed by atoms with Crippen LogP contribution in [-0.4, -0.2) is 24.2 Å². The van der Waals surface area contributed by atoms with Crippen LogP contribution in [0.2, 0.25) is 0 Å². The molecule has 4 heteroatoms. The van der Waals surface area contributed by atoms with Crippen LogP contribution >= 0.6 is 0 Å². The summed E-state index contributed by atoms with van der Waals surface area (Å²) in [5.41, 5.74) is 11.0. The highest BCUT2D eigenvalue weighted by Crippen LogP contribution is 2.22. The number of hydrogen-bond donors (Lipinski definition) is 4. The summed E-state index contributed by atoms with van der Waals surface area (Å²) in [6.45, 7) is 3.71. The van der Waals surface area contributed by atoms with E-state index in [1.165, 1.54) is 95.9 Å². The molecule has 4 aromatic rings. The summed E-state index contributed by atoms with van der Waals surface area (Å²) in [5, 5.41) is 15.6. The predicted octanol–water partition coefficient (Wildman–Crippen LogP) is 7.56. The SMILES string of the molecule is c1cc2ccc1CN[C@H]1CCCC[C@@H]1NCc1ccc(cc1)Cc1ccc(cc1)CN[C@@H]1CCCC[C@H]1NCc1ccc(cc1)C2. The first-order chi connectivity index (χ1) is 22.7. The lowest BCUT2D eigenvalue weighted by atomic mass is 9.89. The molecular formula is C42H52N4. The Balaban J connectivity index is 1.06. The number of nitrogens with one attached hydrogen (secondary N) is 4. The Morgan fingerprint density at radius 1 is 0.283 bits per heavy atom. The Bertz CT molecular complexity index is 1260. The van der Waals surface area contributed by atoms with Gasteiger partial charge in [0.25, 0.3) is 0 Å². The second kappa shape index (κ2) is 15.5. The Morgan fingerprint density at radius 2 is 0.478 bits per heavy atom. The maximum atomic E-state index is 3.91. The van der Waals surface area contributed by atoms with Gasteiger partial charge in [0.05, 0.1) is 0 Å². The summed E-state index contributed by atoms with van der Waals surface area (Å²) >= 11 is 0. The van der Waals surface area contributed by atoms with Gasteiger partial charge in [0.15, 0.2) is 0 Å². The normalized spacial score (nSPS) is 24.7. The topological polar surface area (TPSA) is 48.1 Å². The molecule has 46 heavy (non-hydrogen) atoms. The number of rotatable bonds is 0. The summed E-state index contributed by atoms with van der Waals surface area (Å²) in [6.07, 6.45) is 12.2. The molecule has 4 atom stereocenters. The van der Waals surface area contributed by atoms with Gasteiger partial charge in [-0.1, -0.05) is 123 Å². The van der Waals surface area contributed by atoms with Crippen LogP contribution < -0.4 is 21.3 Å². The van der Waals surface area contributed by atoms with E-state index in [2.05, 4.69) is 118 Å². The Kier molecular flexibility index (Phi) is 10.6. The second-order valence-corrected chi connectivity index (χ2v) is 14.1. The summed E-state index contributed by atoms with van der Waals surface area (Å²) in [5.74, 6) is 0. The quantitative estimate of drug-likeness (QED) is 0.166. The molecule has 4 aromatic carbocycles. The molecule has 8 bridgehead atoms. The molecule has 2 aliphatic carbocycles. The highest BCUT2D eigenvalue weighted by atomic mass is 15.0. The maximum Gasteiger partial charge on any atom is 0.0224 e. The van der Waals surface area contributed by atoms with Crippen molar-refractivity contribution in [2.24, 2.45) is 0 Å². The average molecular weight is 613 g/mol. The van der Waals surface area contributed by atoms with Gasteiger partial charge in [-0.15, -0.1) is 0 Å². The van der Waals surface area contributed by atoms with Crippen molar-refractivity contribution < 1.29 is 0 Å². The molecule has 4 N–H and O–H groups in total. The number of benzene rings is 4. The van der Waals surface area contributed by atoms with Gasteiger partial charge in [-0.2, -0.15) is 0 Å². The van der Waals surface area contributed by atoms with E-state index < -0.39 is 0 Å². The monoisotopic (exact) mass is 612 g/mol. The van der Waals surface area contributed by atoms with Crippen LogP contribution in [0.4, 0.5) is 0 Å². The third-order valence-electron chi connectivity index (χ3n) is 10.7. The van der Waals surface area contributed by atoms with Gasteiger partial charge in [0.2, 0.25) is 0 Å². The molecule has 12 aliphatic rings. The first kappa shape index (κ1) is 31.3. The molecule has 4 nitrogen and oxygen atoms in total. The smallest absolute Gasteiger partial charge is 0.0224 e. The van der Waals surface area contributed by atoms with Gasteiger partial charge >= 0.3 is 0 Å². The van der Waals surface area contributed by atoms with E-state index in [9.17, 15) is 0 Å². The van der Waals surface area contributed by atoms with Crippen molar-refractivity contribution in [3.05, 3.63) is 142 Å². The van der Waals surface area contributed by atoms with Crippen LogP contribution in [-0.2, 0) is 39.0 Å². The van der Waals surface area contributed by atoms with E-state index in [0.717, 1.165) is 39.0 Å². The van der Waals surface area contributed by atoms with E-state index in [1.54, 1.807) is 0 Å². The van der Waals surface area contributed by atoms with Crippen LogP contribution in [0.15, 0.2) is 97.1 Å². The minimum absolute atomic E-state index is 0.517. The molecule has 240 valence electrons. The molecule has 0 unspecified atom stereocenters. The third-order valence-corrected chi connectivity index (χ3v) is 10.7. The fourth-order valence-corrected chi connectivity index (χ4v) is 7.81. The highest BCUT2D eigenvalue weighted by molar-refractivity contribution is 5.32. The fraction of sp³-hybridized carbons (Fsp3) is 0.429. The first-order valence-electron chi connectivity index (χ1n) is 18.0. The van der Waals surface area contributed by atoms with Crippen LogP contribution in [0.5, 0.6) is 0 Å². The molecule has 0 aromatic heterocycles. The molecule has 0 radical (unpaired) electrons. The maximum absolute atomic E-state index is 3.91. The van der Waals surface area contributed by atoms with Gasteiger partial charge in [-0.05, 0) is 83.0 Å². The van der Waals surface area contributed by atoms with E-state index in [-0.39, 0.29) is 0 Å². The van der Waals surface area contributed by atoms with Gasteiger partial charge in [-0.3, -0.25) is 0 Å². The van der Waals surface area contributed by atoms with Crippen molar-refractivity contribution in [3.8, 4) is 0 Å². The lowest BCUT2D eigenvalue weighted by Gasteiger charge is -2.33. The number of hydrogen-bond acceptors (Lipinski definition) is 4. The average Bonchev–Trinajstić information content (AvgIpc) is 3.11. The first-order valence-corrected chi connectivity index (χ1v) is 18.0. The van der Waals surface area contributed by atoms with Crippen molar-refractivity contribution in [1.82, 2.24) is 21.3 Å². The highest BCUT2D eigenvalue weighted by Gasteiger charge is 2.25. The zero-order chi connectivity index (χ0) is 31.0. The Morgan fingerprint density at radius 3 is 0.696 bits per heavy atom. The third kappa shape index (κ3) is 8.54. The minimum atomic E-state index is 0.517. The van der Waals surface area contributed by atoms with Crippen molar-refractivity contribution in [2.75, 3.05) is 0 Å². The van der Waals surface area contributed by atoms with Gasteiger partial charge in [0.1, 0.15) is 0 Å². The minimum Gasteiger partial charge on any atom is -0.308 e. The summed E-state index contributed by atoms with van der Waals surface area (Å²) in [7, 11) is 0. The molecule has 16 rings (SSSR count). The van der Waals surface area contributed by atoms with Crippen LogP contribution in [0.3, 0.4) is 0 Å². The summed E-state index contributed by atoms with van der Waals surface area (Å²) in [4.78, 5) is 0. The van der Waals surface area contributed by atoms with Crippen LogP contribution in [0.25, 0.3) is 0 Å². The van der Waals surface area contributed by atoms with Crippen molar-refractivity contribution in [2.45, 2.75) is 115 Å². The van der Waals surface area contributed by atoms with Crippen molar-refractivity contribution >= 4 is 0 Å². The molecule has 2 fully saturated rings. The largest absolute Gasteiger partial charge is 0.308 e. The van der Waals surface area contributed by atoms with E-state index in [0.29, 0.717) is 24.2 Å². The molecule has 2 saturated carbocycles. The molecular weight excluding hydrogens is 560 g/mol. The molecule has 0 saturated heterocycles. The molecule has 10 aliphatic heterocycles. The van der Waals surface area contributed by atoms with Crippen LogP contribution in [0, 0.1) is 0 Å². The van der Waals surface area contributed by atoms with Gasteiger partial charge in [-0.25, -0.2) is 0 Å². The predicted molar refractivity (Wildman–Crippen MR) is 191 cm³/mol. The van der Waals surface area contributed by atoms with Gasteiger partial charge in [0, 0.05) is 50.3 Å². The second-order valence-electron chi connectivity index (χ2n) is 14.1. The Hall–Kier alpha value is -3.28. The zero-order valence-corrected chi connectivity index (χ0v) is 27.4.